The highest BCUT2D eigenvalue weighted by molar-refractivity contribution is 7.88. The number of carbonyl (C=O) groups excluding carboxylic acids is 1. The molecule has 1 atom stereocenters. The van der Waals surface area contributed by atoms with Gasteiger partial charge >= 0.3 is 6.03 Å². The summed E-state index contributed by atoms with van der Waals surface area (Å²) in [5.41, 5.74) is 1.17. The molecule has 0 bridgehead atoms. The summed E-state index contributed by atoms with van der Waals surface area (Å²) >= 11 is 0. The van der Waals surface area contributed by atoms with Gasteiger partial charge in [-0.1, -0.05) is 30.3 Å². The maximum atomic E-state index is 14.1. The molecule has 1 N–H and O–H groups in total. The largest absolute Gasteiger partial charge is 0.497 e. The van der Waals surface area contributed by atoms with Gasteiger partial charge in [-0.2, -0.15) is 4.31 Å². The van der Waals surface area contributed by atoms with Gasteiger partial charge in [0.05, 0.1) is 43.1 Å². The number of fused-ring (bicyclic) bond motifs is 1. The third-order valence-electron chi connectivity index (χ3n) is 7.40. The van der Waals surface area contributed by atoms with Crippen LogP contribution in [0.1, 0.15) is 18.8 Å². The molecule has 0 spiro atoms. The molecule has 1 saturated heterocycles. The Morgan fingerprint density at radius 1 is 0.953 bits per heavy atom. The fourth-order valence-corrected chi connectivity index (χ4v) is 6.02. The average Bonchev–Trinajstić information content (AvgIpc) is 3.01. The lowest BCUT2D eigenvalue weighted by molar-refractivity contribution is 0.254. The van der Waals surface area contributed by atoms with Crippen LogP contribution in [0.2, 0.25) is 0 Å². The SMILES string of the molecule is COc1ccc(N(C(=O)Nc2ccccc2)C(C)c2nc3ccccc3c(=O)n2N2CCN(S(C)(=O)=O)CC2)c(OC)c1. The van der Waals surface area contributed by atoms with Crippen LogP contribution >= 0.6 is 0 Å². The molecule has 43 heavy (non-hydrogen) atoms. The average molecular weight is 607 g/mol. The van der Waals surface area contributed by atoms with Crippen LogP contribution in [0.3, 0.4) is 0 Å². The quantitative estimate of drug-likeness (QED) is 0.323. The van der Waals surface area contributed by atoms with E-state index in [2.05, 4.69) is 5.32 Å². The fourth-order valence-electron chi connectivity index (χ4n) is 5.19. The Balaban J connectivity index is 1.66. The van der Waals surface area contributed by atoms with Crippen molar-refractivity contribution in [1.29, 1.82) is 0 Å². The number of anilines is 2. The number of urea groups is 1. The van der Waals surface area contributed by atoms with Crippen LogP contribution in [0.25, 0.3) is 10.9 Å². The second kappa shape index (κ2) is 12.3. The van der Waals surface area contributed by atoms with Crippen molar-refractivity contribution < 1.29 is 22.7 Å². The number of ether oxygens (including phenoxy) is 2. The highest BCUT2D eigenvalue weighted by Crippen LogP contribution is 2.37. The maximum absolute atomic E-state index is 14.1. The number of methoxy groups -OCH3 is 2. The van der Waals surface area contributed by atoms with E-state index in [-0.39, 0.29) is 31.7 Å². The van der Waals surface area contributed by atoms with Crippen LogP contribution in [-0.2, 0) is 10.0 Å². The predicted molar refractivity (Wildman–Crippen MR) is 166 cm³/mol. The molecule has 1 aliphatic heterocycles. The Bertz CT molecular complexity index is 1790. The van der Waals surface area contributed by atoms with Crippen LogP contribution in [0.4, 0.5) is 16.2 Å². The van der Waals surface area contributed by atoms with Crippen molar-refractivity contribution in [3.8, 4) is 11.5 Å². The highest BCUT2D eigenvalue weighted by atomic mass is 32.2. The first-order chi connectivity index (χ1) is 20.6. The summed E-state index contributed by atoms with van der Waals surface area (Å²) in [5, 5.41) is 5.14. The summed E-state index contributed by atoms with van der Waals surface area (Å²) in [6, 6.07) is 19.9. The van der Waals surface area contributed by atoms with E-state index in [1.165, 1.54) is 34.4 Å². The molecule has 5 rings (SSSR count). The minimum atomic E-state index is -3.39. The first-order valence-corrected chi connectivity index (χ1v) is 15.6. The van der Waals surface area contributed by atoms with Crippen molar-refractivity contribution in [3.05, 3.63) is 89.0 Å². The molecule has 0 aliphatic carbocycles. The minimum Gasteiger partial charge on any atom is -0.497 e. The number of piperazine rings is 1. The van der Waals surface area contributed by atoms with Gasteiger partial charge in [0, 0.05) is 37.9 Å². The molecule has 1 fully saturated rings. The molecule has 4 aromatic rings. The second-order valence-electron chi connectivity index (χ2n) is 10.1. The Hall–Kier alpha value is -4.62. The number of aromatic nitrogens is 2. The predicted octanol–water partition coefficient (Wildman–Crippen LogP) is 3.43. The van der Waals surface area contributed by atoms with E-state index in [1.54, 1.807) is 66.5 Å². The lowest BCUT2D eigenvalue weighted by atomic mass is 10.1. The number of hydrogen-bond acceptors (Lipinski definition) is 8. The van der Waals surface area contributed by atoms with E-state index in [0.29, 0.717) is 39.6 Å². The lowest BCUT2D eigenvalue weighted by Gasteiger charge is -2.38. The Labute approximate surface area is 250 Å². The summed E-state index contributed by atoms with van der Waals surface area (Å²) in [5.74, 6) is 1.23. The van der Waals surface area contributed by atoms with Crippen molar-refractivity contribution in [2.45, 2.75) is 13.0 Å². The van der Waals surface area contributed by atoms with Crippen LogP contribution < -0.4 is 30.3 Å². The molecule has 2 amide bonds. The zero-order chi connectivity index (χ0) is 30.7. The normalized spacial score (nSPS) is 14.7. The molecule has 13 heteroatoms. The van der Waals surface area contributed by atoms with Gasteiger partial charge in [0.25, 0.3) is 5.56 Å². The van der Waals surface area contributed by atoms with Gasteiger partial charge in [-0.25, -0.2) is 22.9 Å². The van der Waals surface area contributed by atoms with E-state index in [4.69, 9.17) is 14.5 Å². The first-order valence-electron chi connectivity index (χ1n) is 13.7. The van der Waals surface area contributed by atoms with E-state index >= 15 is 0 Å². The first kappa shape index (κ1) is 29.9. The number of rotatable bonds is 8. The third kappa shape index (κ3) is 6.13. The Morgan fingerprint density at radius 2 is 1.63 bits per heavy atom. The topological polar surface area (TPSA) is 126 Å². The summed E-state index contributed by atoms with van der Waals surface area (Å²) in [4.78, 5) is 34.5. The van der Waals surface area contributed by atoms with E-state index in [9.17, 15) is 18.0 Å². The smallest absolute Gasteiger partial charge is 0.327 e. The van der Waals surface area contributed by atoms with Crippen LogP contribution in [0.5, 0.6) is 11.5 Å². The monoisotopic (exact) mass is 606 g/mol. The minimum absolute atomic E-state index is 0.205. The van der Waals surface area contributed by atoms with Gasteiger partial charge in [0.15, 0.2) is 5.82 Å². The zero-order valence-corrected chi connectivity index (χ0v) is 25.2. The van der Waals surface area contributed by atoms with Crippen molar-refractivity contribution in [1.82, 2.24) is 14.0 Å². The number of carbonyl (C=O) groups is 1. The number of hydrogen-bond donors (Lipinski definition) is 1. The highest BCUT2D eigenvalue weighted by Gasteiger charge is 2.33. The zero-order valence-electron chi connectivity index (χ0n) is 24.4. The summed E-state index contributed by atoms with van der Waals surface area (Å²) in [7, 11) is -0.347. The maximum Gasteiger partial charge on any atom is 0.327 e. The molecule has 226 valence electrons. The van der Waals surface area contributed by atoms with Gasteiger partial charge in [0.2, 0.25) is 10.0 Å². The number of benzene rings is 3. The van der Waals surface area contributed by atoms with Crippen LogP contribution in [0.15, 0.2) is 77.6 Å². The number of amides is 2. The number of nitrogens with zero attached hydrogens (tertiary/aromatic N) is 5. The van der Waals surface area contributed by atoms with Gasteiger partial charge < -0.3 is 19.8 Å². The second-order valence-corrected chi connectivity index (χ2v) is 12.1. The molecule has 2 heterocycles. The van der Waals surface area contributed by atoms with Crippen LogP contribution in [0, 0.1) is 0 Å². The van der Waals surface area contributed by atoms with E-state index < -0.39 is 22.1 Å². The molecule has 1 aliphatic rings. The van der Waals surface area contributed by atoms with Crippen molar-refractivity contribution in [2.24, 2.45) is 0 Å². The molecular formula is C30H34N6O6S. The fraction of sp³-hybridized carbons (Fsp3) is 0.300. The third-order valence-corrected chi connectivity index (χ3v) is 8.70. The molecule has 1 unspecified atom stereocenters. The van der Waals surface area contributed by atoms with Crippen LogP contribution in [-0.4, -0.2) is 75.1 Å². The number of nitrogens with one attached hydrogen (secondary N) is 1. The summed E-state index contributed by atoms with van der Waals surface area (Å²) in [6.45, 7) is 2.71. The molecule has 0 saturated carbocycles. The van der Waals surface area contributed by atoms with Crippen molar-refractivity contribution in [3.63, 3.8) is 0 Å². The lowest BCUT2D eigenvalue weighted by Crippen LogP contribution is -2.56. The molecular weight excluding hydrogens is 572 g/mol. The number of para-hydroxylation sites is 2. The summed E-state index contributed by atoms with van der Waals surface area (Å²) < 4.78 is 38.3. The van der Waals surface area contributed by atoms with E-state index in [1.807, 2.05) is 18.2 Å². The molecule has 1 aromatic heterocycles. The molecule has 12 nitrogen and oxygen atoms in total. The number of sulfonamides is 1. The van der Waals surface area contributed by atoms with Gasteiger partial charge in [-0.05, 0) is 43.3 Å². The van der Waals surface area contributed by atoms with Crippen molar-refractivity contribution in [2.75, 3.05) is 61.9 Å². The molecule has 3 aromatic carbocycles. The standard InChI is InChI=1S/C30H34N6O6S/c1-21(35(30(38)31-22-10-6-5-7-11-22)26-15-14-23(41-2)20-27(26)42-3)28-32-25-13-9-8-12-24(25)29(37)36(28)33-16-18-34(19-17-33)43(4,39)40/h5-15,20-21H,16-19H2,1-4H3,(H,31,38). The van der Waals surface area contributed by atoms with E-state index in [0.717, 1.165) is 0 Å². The van der Waals surface area contributed by atoms with Crippen molar-refractivity contribution >= 4 is 38.3 Å². The Morgan fingerprint density at radius 3 is 2.28 bits per heavy atom. The molecule has 0 radical (unpaired) electrons. The summed E-state index contributed by atoms with van der Waals surface area (Å²) in [6.07, 6.45) is 1.17. The van der Waals surface area contributed by atoms with Gasteiger partial charge in [0.1, 0.15) is 11.5 Å². The van der Waals surface area contributed by atoms with Gasteiger partial charge in [-0.15, -0.1) is 0 Å². The Kier molecular flexibility index (Phi) is 8.55. The van der Waals surface area contributed by atoms with Gasteiger partial charge in [-0.3, -0.25) is 9.69 Å².